The highest BCUT2D eigenvalue weighted by Crippen LogP contribution is 2.32. The second kappa shape index (κ2) is 5.47. The van der Waals surface area contributed by atoms with Crippen LogP contribution in [0.25, 0.3) is 0 Å². The number of hydrogen-bond acceptors (Lipinski definition) is 3. The summed E-state index contributed by atoms with van der Waals surface area (Å²) in [6.07, 6.45) is 1.82. The number of para-hydroxylation sites is 1. The summed E-state index contributed by atoms with van der Waals surface area (Å²) < 4.78 is 30.6. The van der Waals surface area contributed by atoms with Crippen LogP contribution < -0.4 is 4.74 Å². The van der Waals surface area contributed by atoms with Gasteiger partial charge in [0, 0.05) is 18.2 Å². The summed E-state index contributed by atoms with van der Waals surface area (Å²) >= 11 is 5.54. The van der Waals surface area contributed by atoms with Crippen molar-refractivity contribution in [2.24, 2.45) is 0 Å². The number of alkyl halides is 1. The molecule has 0 saturated heterocycles. The van der Waals surface area contributed by atoms with E-state index in [9.17, 15) is 8.42 Å². The van der Waals surface area contributed by atoms with Gasteiger partial charge in [0.25, 0.3) is 0 Å². The van der Waals surface area contributed by atoms with Gasteiger partial charge < -0.3 is 4.74 Å². The molecule has 0 bridgehead atoms. The highest BCUT2D eigenvalue weighted by atomic mass is 35.5. The Morgan fingerprint density at radius 2 is 2.06 bits per heavy atom. The summed E-state index contributed by atoms with van der Waals surface area (Å²) in [5, 5.41) is -0.376. The van der Waals surface area contributed by atoms with Gasteiger partial charge in [0.2, 0.25) is 10.0 Å². The minimum atomic E-state index is -3.38. The fourth-order valence-corrected chi connectivity index (χ4v) is 3.38. The maximum Gasteiger partial charge on any atom is 0.228 e. The summed E-state index contributed by atoms with van der Waals surface area (Å²) in [7, 11) is -1.80. The molecule has 18 heavy (non-hydrogen) atoms. The van der Waals surface area contributed by atoms with E-state index in [1.54, 1.807) is 7.11 Å². The number of benzene rings is 1. The zero-order valence-electron chi connectivity index (χ0n) is 10.2. The summed E-state index contributed by atoms with van der Waals surface area (Å²) in [5.41, 5.74) is 0.862. The molecule has 0 amide bonds. The highest BCUT2D eigenvalue weighted by molar-refractivity contribution is 7.90. The summed E-state index contributed by atoms with van der Waals surface area (Å²) in [4.78, 5) is 0. The van der Waals surface area contributed by atoms with Gasteiger partial charge in [-0.3, -0.25) is 0 Å². The normalized spacial score (nSPS) is 15.9. The molecule has 1 aromatic carbocycles. The first-order chi connectivity index (χ1) is 8.58. The van der Waals surface area contributed by atoms with Gasteiger partial charge in [-0.15, -0.1) is 11.6 Å². The molecule has 1 aliphatic carbocycles. The first-order valence-corrected chi connectivity index (χ1v) is 7.90. The largest absolute Gasteiger partial charge is 0.496 e. The smallest absolute Gasteiger partial charge is 0.228 e. The molecule has 0 N–H and O–H groups in total. The van der Waals surface area contributed by atoms with Gasteiger partial charge in [-0.2, -0.15) is 4.31 Å². The van der Waals surface area contributed by atoms with Gasteiger partial charge in [-0.1, -0.05) is 18.2 Å². The van der Waals surface area contributed by atoms with E-state index in [0.29, 0.717) is 12.3 Å². The molecule has 100 valence electrons. The fraction of sp³-hybridized carbons (Fsp3) is 0.500. The maximum atomic E-state index is 11.9. The maximum absolute atomic E-state index is 11.9. The predicted molar refractivity (Wildman–Crippen MR) is 71.2 cm³/mol. The predicted octanol–water partition coefficient (Wildman–Crippen LogP) is 2.19. The molecular weight excluding hydrogens is 274 g/mol. The molecule has 4 nitrogen and oxygen atoms in total. The van der Waals surface area contributed by atoms with Gasteiger partial charge in [0.15, 0.2) is 0 Å². The van der Waals surface area contributed by atoms with Crippen molar-refractivity contribution in [3.8, 4) is 5.75 Å². The van der Waals surface area contributed by atoms with Crippen molar-refractivity contribution in [2.75, 3.05) is 12.3 Å². The number of methoxy groups -OCH3 is 1. The average Bonchev–Trinajstić information content (AvgIpc) is 3.20. The lowest BCUT2D eigenvalue weighted by atomic mass is 10.2. The van der Waals surface area contributed by atoms with Crippen molar-refractivity contribution in [1.82, 2.24) is 4.31 Å². The number of nitrogens with zero attached hydrogens (tertiary/aromatic N) is 1. The van der Waals surface area contributed by atoms with Gasteiger partial charge in [-0.25, -0.2) is 8.42 Å². The van der Waals surface area contributed by atoms with E-state index in [0.717, 1.165) is 18.4 Å². The number of rotatable bonds is 6. The number of ether oxygens (including phenoxy) is 1. The molecule has 0 aromatic heterocycles. The average molecular weight is 290 g/mol. The summed E-state index contributed by atoms with van der Waals surface area (Å²) in [6.45, 7) is 0.323. The molecule has 2 rings (SSSR count). The molecule has 1 saturated carbocycles. The Bertz CT molecular complexity index is 514. The Labute approximate surface area is 113 Å². The molecule has 0 unspecified atom stereocenters. The van der Waals surface area contributed by atoms with Crippen LogP contribution in [0.2, 0.25) is 0 Å². The van der Waals surface area contributed by atoms with Gasteiger partial charge in [0.1, 0.15) is 11.0 Å². The minimum absolute atomic E-state index is 0.0960. The summed E-state index contributed by atoms with van der Waals surface area (Å²) in [6, 6.07) is 7.53. The third-order valence-corrected chi connectivity index (χ3v) is 5.21. The van der Waals surface area contributed by atoms with Crippen LogP contribution in [0.5, 0.6) is 5.75 Å². The molecule has 6 heteroatoms. The van der Waals surface area contributed by atoms with Crippen LogP contribution in [-0.2, 0) is 16.6 Å². The van der Waals surface area contributed by atoms with E-state index in [4.69, 9.17) is 16.3 Å². The first kappa shape index (κ1) is 13.6. The second-order valence-corrected chi connectivity index (χ2v) is 6.81. The second-order valence-electron chi connectivity index (χ2n) is 4.31. The number of halogens is 1. The van der Waals surface area contributed by atoms with Crippen LogP contribution in [0, 0.1) is 0 Å². The van der Waals surface area contributed by atoms with E-state index >= 15 is 0 Å². The highest BCUT2D eigenvalue weighted by Gasteiger charge is 2.37. The van der Waals surface area contributed by atoms with Crippen molar-refractivity contribution >= 4 is 21.6 Å². The van der Waals surface area contributed by atoms with Crippen LogP contribution in [-0.4, -0.2) is 31.1 Å². The van der Waals surface area contributed by atoms with Crippen molar-refractivity contribution < 1.29 is 13.2 Å². The Hall–Kier alpha value is -0.780. The van der Waals surface area contributed by atoms with Crippen molar-refractivity contribution in [3.05, 3.63) is 29.8 Å². The fourth-order valence-electron chi connectivity index (χ4n) is 1.88. The molecule has 0 radical (unpaired) electrons. The van der Waals surface area contributed by atoms with Crippen molar-refractivity contribution in [2.45, 2.75) is 25.4 Å². The van der Waals surface area contributed by atoms with E-state index in [1.165, 1.54) is 4.31 Å². The van der Waals surface area contributed by atoms with Gasteiger partial charge >= 0.3 is 0 Å². The lowest BCUT2D eigenvalue weighted by Crippen LogP contribution is -2.33. The van der Waals surface area contributed by atoms with E-state index < -0.39 is 10.0 Å². The van der Waals surface area contributed by atoms with Crippen LogP contribution in [0.15, 0.2) is 24.3 Å². The number of sulfonamides is 1. The van der Waals surface area contributed by atoms with E-state index in [2.05, 4.69) is 0 Å². The lowest BCUT2D eigenvalue weighted by molar-refractivity contribution is 0.376. The summed E-state index contributed by atoms with van der Waals surface area (Å²) in [5.74, 6) is 0.702. The Balaban J connectivity index is 2.24. The standard InChI is InChI=1S/C12H16ClNO3S/c1-17-12-5-3-2-4-10(12)8-14(11-6-7-11)18(15,16)9-13/h2-5,11H,6-9H2,1H3. The van der Waals surface area contributed by atoms with Crippen LogP contribution in [0.4, 0.5) is 0 Å². The van der Waals surface area contributed by atoms with Crippen LogP contribution in [0.3, 0.4) is 0 Å². The molecule has 0 atom stereocenters. The van der Waals surface area contributed by atoms with Gasteiger partial charge in [0.05, 0.1) is 7.11 Å². The van der Waals surface area contributed by atoms with Crippen molar-refractivity contribution in [1.29, 1.82) is 0 Å². The topological polar surface area (TPSA) is 46.6 Å². The van der Waals surface area contributed by atoms with Crippen LogP contribution >= 0.6 is 11.6 Å². The third kappa shape index (κ3) is 2.96. The lowest BCUT2D eigenvalue weighted by Gasteiger charge is -2.21. The molecule has 1 aromatic rings. The van der Waals surface area contributed by atoms with E-state index in [-0.39, 0.29) is 11.3 Å². The van der Waals surface area contributed by atoms with Gasteiger partial charge in [-0.05, 0) is 18.9 Å². The molecule has 1 fully saturated rings. The molecular formula is C12H16ClNO3S. The molecule has 1 aliphatic rings. The quantitative estimate of drug-likeness (QED) is 0.754. The van der Waals surface area contributed by atoms with Crippen molar-refractivity contribution in [3.63, 3.8) is 0 Å². The number of hydrogen-bond donors (Lipinski definition) is 0. The molecule has 0 heterocycles. The zero-order valence-corrected chi connectivity index (χ0v) is 11.7. The monoisotopic (exact) mass is 289 g/mol. The minimum Gasteiger partial charge on any atom is -0.496 e. The zero-order chi connectivity index (χ0) is 13.2. The Morgan fingerprint density at radius 3 is 2.61 bits per heavy atom. The molecule has 0 aliphatic heterocycles. The van der Waals surface area contributed by atoms with Crippen LogP contribution in [0.1, 0.15) is 18.4 Å². The SMILES string of the molecule is COc1ccccc1CN(C1CC1)S(=O)(=O)CCl. The Kier molecular flexibility index (Phi) is 4.14. The third-order valence-electron chi connectivity index (χ3n) is 2.97. The first-order valence-electron chi connectivity index (χ1n) is 5.76. The molecule has 0 spiro atoms. The van der Waals surface area contributed by atoms with E-state index in [1.807, 2.05) is 24.3 Å². The Morgan fingerprint density at radius 1 is 1.39 bits per heavy atom.